The normalized spacial score (nSPS) is 27.8. The number of hydrogen-bond acceptors (Lipinski definition) is 4. The zero-order valence-corrected chi connectivity index (χ0v) is 18.6. The Bertz CT molecular complexity index is 1290. The first kappa shape index (κ1) is 19.6. The van der Waals surface area contributed by atoms with Gasteiger partial charge in [-0.25, -0.2) is 4.39 Å². The Balaban J connectivity index is 1.64. The van der Waals surface area contributed by atoms with Gasteiger partial charge in [0.15, 0.2) is 0 Å². The lowest BCUT2D eigenvalue weighted by Gasteiger charge is -2.35. The minimum atomic E-state index is -1.29. The molecule has 0 unspecified atom stereocenters. The summed E-state index contributed by atoms with van der Waals surface area (Å²) >= 11 is 3.45. The zero-order valence-electron chi connectivity index (χ0n) is 17.0. The molecule has 5 nitrogen and oxygen atoms in total. The fourth-order valence-electron chi connectivity index (χ4n) is 5.60. The van der Waals surface area contributed by atoms with Crippen LogP contribution in [0.4, 0.5) is 10.1 Å². The SMILES string of the molecule is CN1C(=O)[C@]2(N[C@H](c3ccc(Br)cc3)[C@H]3C(=O)Oc4ccccc4[C@H]32)c2cc(F)ccc21. The lowest BCUT2D eigenvalue weighted by molar-refractivity contribution is -0.141. The number of carbonyl (C=O) groups is 2. The van der Waals surface area contributed by atoms with E-state index in [2.05, 4.69) is 21.2 Å². The number of rotatable bonds is 1. The van der Waals surface area contributed by atoms with Crippen LogP contribution in [0.3, 0.4) is 0 Å². The minimum absolute atomic E-state index is 0.211. The van der Waals surface area contributed by atoms with Gasteiger partial charge in [-0.3, -0.25) is 14.9 Å². The van der Waals surface area contributed by atoms with E-state index >= 15 is 0 Å². The molecule has 6 rings (SSSR count). The molecule has 7 heteroatoms. The first-order valence-corrected chi connectivity index (χ1v) is 11.1. The van der Waals surface area contributed by atoms with Crippen molar-refractivity contribution in [3.05, 3.63) is 93.7 Å². The summed E-state index contributed by atoms with van der Waals surface area (Å²) in [6.45, 7) is 0. The predicted molar refractivity (Wildman–Crippen MR) is 120 cm³/mol. The van der Waals surface area contributed by atoms with Crippen LogP contribution in [0.5, 0.6) is 5.75 Å². The van der Waals surface area contributed by atoms with Gasteiger partial charge in [-0.15, -0.1) is 0 Å². The van der Waals surface area contributed by atoms with Crippen LogP contribution >= 0.6 is 15.9 Å². The minimum Gasteiger partial charge on any atom is -0.426 e. The molecule has 1 fully saturated rings. The van der Waals surface area contributed by atoms with Crippen LogP contribution in [0, 0.1) is 11.7 Å². The van der Waals surface area contributed by atoms with Gasteiger partial charge in [0.1, 0.15) is 17.1 Å². The average molecular weight is 493 g/mol. The summed E-state index contributed by atoms with van der Waals surface area (Å²) in [6, 6.07) is 18.8. The van der Waals surface area contributed by atoms with Crippen molar-refractivity contribution in [1.82, 2.24) is 5.32 Å². The Kier molecular flexibility index (Phi) is 4.13. The van der Waals surface area contributed by atoms with Crippen LogP contribution in [-0.4, -0.2) is 18.9 Å². The van der Waals surface area contributed by atoms with Crippen molar-refractivity contribution in [2.45, 2.75) is 17.5 Å². The van der Waals surface area contributed by atoms with Crippen molar-refractivity contribution < 1.29 is 18.7 Å². The summed E-state index contributed by atoms with van der Waals surface area (Å²) in [7, 11) is 1.69. The van der Waals surface area contributed by atoms with Gasteiger partial charge >= 0.3 is 5.97 Å². The largest absolute Gasteiger partial charge is 0.426 e. The van der Waals surface area contributed by atoms with E-state index < -0.39 is 35.2 Å². The van der Waals surface area contributed by atoms with Crippen LogP contribution in [0.1, 0.15) is 28.7 Å². The first-order valence-electron chi connectivity index (χ1n) is 10.3. The summed E-state index contributed by atoms with van der Waals surface area (Å²) in [5.41, 5.74) is 1.52. The monoisotopic (exact) mass is 492 g/mol. The molecular formula is C25H18BrFN2O3. The molecule has 0 saturated carbocycles. The van der Waals surface area contributed by atoms with Crippen LogP contribution in [0.2, 0.25) is 0 Å². The molecule has 32 heavy (non-hydrogen) atoms. The number of nitrogens with zero attached hydrogens (tertiary/aromatic N) is 1. The molecule has 160 valence electrons. The van der Waals surface area contributed by atoms with Gasteiger partial charge in [0.2, 0.25) is 0 Å². The highest BCUT2D eigenvalue weighted by atomic mass is 79.9. The first-order chi connectivity index (χ1) is 15.4. The number of nitrogens with one attached hydrogen (secondary N) is 1. The van der Waals surface area contributed by atoms with Crippen LogP contribution in [-0.2, 0) is 15.1 Å². The number of fused-ring (bicyclic) bond motifs is 6. The van der Waals surface area contributed by atoms with Crippen LogP contribution < -0.4 is 15.0 Å². The lowest BCUT2D eigenvalue weighted by atomic mass is 9.70. The van der Waals surface area contributed by atoms with Crippen molar-refractivity contribution in [3.63, 3.8) is 0 Å². The second-order valence-corrected chi connectivity index (χ2v) is 9.39. The van der Waals surface area contributed by atoms with E-state index in [0.717, 1.165) is 15.6 Å². The molecule has 1 amide bonds. The third-order valence-corrected chi connectivity index (χ3v) is 7.45. The number of carbonyl (C=O) groups excluding carboxylic acids is 2. The van der Waals surface area contributed by atoms with E-state index in [4.69, 9.17) is 4.74 Å². The number of halogens is 2. The van der Waals surface area contributed by atoms with Crippen molar-refractivity contribution in [2.24, 2.45) is 5.92 Å². The predicted octanol–water partition coefficient (Wildman–Crippen LogP) is 4.42. The highest BCUT2D eigenvalue weighted by Gasteiger charge is 2.67. The smallest absolute Gasteiger partial charge is 0.317 e. The molecule has 0 bridgehead atoms. The van der Waals surface area contributed by atoms with E-state index in [1.54, 1.807) is 30.1 Å². The van der Waals surface area contributed by atoms with E-state index in [1.165, 1.54) is 12.1 Å². The van der Waals surface area contributed by atoms with E-state index in [1.807, 2.05) is 36.4 Å². The molecule has 3 heterocycles. The Morgan fingerprint density at radius 2 is 1.81 bits per heavy atom. The quantitative estimate of drug-likeness (QED) is 0.403. The fourth-order valence-corrected chi connectivity index (χ4v) is 5.86. The van der Waals surface area contributed by atoms with Crippen molar-refractivity contribution >= 4 is 33.5 Å². The van der Waals surface area contributed by atoms with E-state index in [0.29, 0.717) is 17.0 Å². The fraction of sp³-hybridized carbons (Fsp3) is 0.200. The number of likely N-dealkylation sites (N-methyl/N-ethyl adjacent to an activating group) is 1. The number of para-hydroxylation sites is 1. The molecule has 3 aliphatic rings. The zero-order chi connectivity index (χ0) is 22.2. The molecule has 1 N–H and O–H groups in total. The Hall–Kier alpha value is -3.03. The Labute approximate surface area is 192 Å². The molecule has 1 spiro atoms. The highest BCUT2D eigenvalue weighted by Crippen LogP contribution is 2.61. The molecule has 4 atom stereocenters. The Morgan fingerprint density at radius 3 is 2.59 bits per heavy atom. The number of amides is 1. The second kappa shape index (κ2) is 6.73. The van der Waals surface area contributed by atoms with Gasteiger partial charge in [0.25, 0.3) is 5.91 Å². The van der Waals surface area contributed by atoms with Gasteiger partial charge in [-0.05, 0) is 42.0 Å². The summed E-state index contributed by atoms with van der Waals surface area (Å²) in [6.07, 6.45) is 0. The number of anilines is 1. The van der Waals surface area contributed by atoms with Crippen molar-refractivity contribution in [2.75, 3.05) is 11.9 Å². The summed E-state index contributed by atoms with van der Waals surface area (Å²) in [4.78, 5) is 28.8. The molecule has 1 saturated heterocycles. The maximum absolute atomic E-state index is 14.5. The Morgan fingerprint density at radius 1 is 1.06 bits per heavy atom. The van der Waals surface area contributed by atoms with Crippen molar-refractivity contribution in [1.29, 1.82) is 0 Å². The summed E-state index contributed by atoms with van der Waals surface area (Å²) < 4.78 is 21.1. The van der Waals surface area contributed by atoms with E-state index in [9.17, 15) is 14.0 Å². The number of hydrogen-bond donors (Lipinski definition) is 1. The molecule has 0 radical (unpaired) electrons. The molecular weight excluding hydrogens is 475 g/mol. The van der Waals surface area contributed by atoms with E-state index in [-0.39, 0.29) is 5.91 Å². The maximum atomic E-state index is 14.5. The highest BCUT2D eigenvalue weighted by molar-refractivity contribution is 9.10. The molecule has 0 aromatic heterocycles. The van der Waals surface area contributed by atoms with Gasteiger partial charge < -0.3 is 9.64 Å². The third-order valence-electron chi connectivity index (χ3n) is 6.92. The van der Waals surface area contributed by atoms with Crippen LogP contribution in [0.25, 0.3) is 0 Å². The van der Waals surface area contributed by atoms with Crippen molar-refractivity contribution in [3.8, 4) is 5.75 Å². The van der Waals surface area contributed by atoms with Gasteiger partial charge in [0.05, 0.1) is 5.92 Å². The molecule has 3 aromatic rings. The van der Waals surface area contributed by atoms with Crippen LogP contribution in [0.15, 0.2) is 71.2 Å². The van der Waals surface area contributed by atoms with Gasteiger partial charge in [-0.2, -0.15) is 0 Å². The third kappa shape index (κ3) is 2.46. The standard InChI is InChI=1S/C25H18BrFN2O3/c1-29-18-11-10-15(27)12-17(18)25(24(29)31)21-16-4-2-3-5-19(16)32-23(30)20(21)22(28-25)13-6-8-14(26)9-7-13/h2-12,20-22,28H,1H3/t20-,21+,22+,25-/m0/s1. The summed E-state index contributed by atoms with van der Waals surface area (Å²) in [5, 5.41) is 3.51. The molecule has 0 aliphatic carbocycles. The second-order valence-electron chi connectivity index (χ2n) is 8.47. The maximum Gasteiger partial charge on any atom is 0.317 e. The van der Waals surface area contributed by atoms with Gasteiger partial charge in [-0.1, -0.05) is 46.3 Å². The number of esters is 1. The summed E-state index contributed by atoms with van der Waals surface area (Å²) in [5.74, 6) is -1.80. The number of ether oxygens (including phenoxy) is 1. The average Bonchev–Trinajstić information content (AvgIpc) is 3.25. The van der Waals surface area contributed by atoms with Gasteiger partial charge in [0, 0.05) is 40.3 Å². The lowest BCUT2D eigenvalue weighted by Crippen LogP contribution is -2.50. The molecule has 3 aromatic carbocycles. The molecule has 3 aliphatic heterocycles. The topological polar surface area (TPSA) is 58.6 Å². The number of benzene rings is 3.